The van der Waals surface area contributed by atoms with E-state index in [1.54, 1.807) is 0 Å². The molecule has 0 unspecified atom stereocenters. The summed E-state index contributed by atoms with van der Waals surface area (Å²) >= 11 is 0. The molecule has 2 aromatic carbocycles. The van der Waals surface area contributed by atoms with E-state index in [1.807, 2.05) is 55.5 Å². The molecule has 0 saturated carbocycles. The first-order valence-electron chi connectivity index (χ1n) is 5.24. The third-order valence-electron chi connectivity index (χ3n) is 2.49. The van der Waals surface area contributed by atoms with Crippen LogP contribution in [0.3, 0.4) is 0 Å². The van der Waals surface area contributed by atoms with Crippen LogP contribution in [0.2, 0.25) is 0 Å². The van der Waals surface area contributed by atoms with E-state index in [2.05, 4.69) is 0 Å². The van der Waals surface area contributed by atoms with Crippen molar-refractivity contribution in [3.63, 3.8) is 0 Å². The lowest BCUT2D eigenvalue weighted by atomic mass is 10.0. The van der Waals surface area contributed by atoms with Gasteiger partial charge in [-0.15, -0.1) is 0 Å². The molecule has 0 saturated heterocycles. The Balaban J connectivity index is 2.54. The molecular weight excluding hydrogens is 216 g/mol. The summed E-state index contributed by atoms with van der Waals surface area (Å²) < 4.78 is 4.85. The Morgan fingerprint density at radius 2 is 1.76 bits per heavy atom. The average Bonchev–Trinajstić information content (AvgIpc) is 2.32. The predicted octanol–water partition coefficient (Wildman–Crippen LogP) is 3.72. The van der Waals surface area contributed by atoms with Crippen molar-refractivity contribution in [3.05, 3.63) is 54.1 Å². The molecule has 1 N–H and O–H groups in total. The number of aryl methyl sites for hydroxylation is 1. The predicted molar refractivity (Wildman–Crippen MR) is 65.3 cm³/mol. The maximum absolute atomic E-state index is 10.7. The highest BCUT2D eigenvalue weighted by atomic mass is 16.7. The van der Waals surface area contributed by atoms with Gasteiger partial charge in [0.15, 0.2) is 0 Å². The zero-order valence-corrected chi connectivity index (χ0v) is 9.38. The van der Waals surface area contributed by atoms with E-state index < -0.39 is 6.16 Å². The van der Waals surface area contributed by atoms with E-state index in [-0.39, 0.29) is 0 Å². The molecule has 0 fully saturated rings. The minimum absolute atomic E-state index is 0.395. The quantitative estimate of drug-likeness (QED) is 0.629. The van der Waals surface area contributed by atoms with Crippen LogP contribution in [-0.2, 0) is 0 Å². The number of ether oxygens (including phenoxy) is 1. The summed E-state index contributed by atoms with van der Waals surface area (Å²) in [5.41, 5.74) is 2.52. The Morgan fingerprint density at radius 1 is 1.06 bits per heavy atom. The number of rotatable bonds is 2. The number of para-hydroxylation sites is 1. The van der Waals surface area contributed by atoms with Crippen molar-refractivity contribution in [2.75, 3.05) is 0 Å². The van der Waals surface area contributed by atoms with Crippen LogP contribution in [0.25, 0.3) is 11.1 Å². The third-order valence-corrected chi connectivity index (χ3v) is 2.49. The van der Waals surface area contributed by atoms with Crippen molar-refractivity contribution in [2.24, 2.45) is 0 Å². The smallest absolute Gasteiger partial charge is 0.449 e. The largest absolute Gasteiger partial charge is 0.511 e. The highest BCUT2D eigenvalue weighted by molar-refractivity contribution is 5.75. The van der Waals surface area contributed by atoms with Crippen molar-refractivity contribution in [3.8, 4) is 16.9 Å². The third kappa shape index (κ3) is 2.45. The molecule has 3 heteroatoms. The molecule has 0 bridgehead atoms. The van der Waals surface area contributed by atoms with Crippen molar-refractivity contribution in [1.29, 1.82) is 0 Å². The van der Waals surface area contributed by atoms with E-state index in [9.17, 15) is 4.79 Å². The standard InChI is InChI=1S/C14H12O3/c1-10-6-5-9-12(13(10)17-14(15)16)11-7-3-2-4-8-11/h2-9H,1H3,(H,15,16). The van der Waals surface area contributed by atoms with Crippen LogP contribution < -0.4 is 4.74 Å². The molecule has 0 aliphatic heterocycles. The number of carboxylic acid groups (broad SMARTS) is 1. The van der Waals surface area contributed by atoms with Gasteiger partial charge in [0.25, 0.3) is 0 Å². The van der Waals surface area contributed by atoms with Crippen LogP contribution >= 0.6 is 0 Å². The summed E-state index contributed by atoms with van der Waals surface area (Å²) in [6, 6.07) is 15.1. The molecule has 0 spiro atoms. The Hall–Kier alpha value is -2.29. The van der Waals surface area contributed by atoms with Gasteiger partial charge < -0.3 is 9.84 Å². The topological polar surface area (TPSA) is 46.5 Å². The van der Waals surface area contributed by atoms with Gasteiger partial charge in [-0.2, -0.15) is 0 Å². The van der Waals surface area contributed by atoms with Gasteiger partial charge >= 0.3 is 6.16 Å². The normalized spacial score (nSPS) is 9.94. The van der Waals surface area contributed by atoms with E-state index in [4.69, 9.17) is 9.84 Å². The fraction of sp³-hybridized carbons (Fsp3) is 0.0714. The molecule has 0 radical (unpaired) electrons. The Bertz CT molecular complexity index is 532. The Morgan fingerprint density at radius 3 is 2.41 bits per heavy atom. The fourth-order valence-electron chi connectivity index (χ4n) is 1.72. The lowest BCUT2D eigenvalue weighted by molar-refractivity contribution is 0.144. The molecule has 3 nitrogen and oxygen atoms in total. The second-order valence-electron chi connectivity index (χ2n) is 3.69. The summed E-state index contributed by atoms with van der Waals surface area (Å²) in [5, 5.41) is 8.74. The van der Waals surface area contributed by atoms with Gasteiger partial charge in [-0.1, -0.05) is 48.5 Å². The summed E-state index contributed by atoms with van der Waals surface area (Å²) in [6.45, 7) is 1.82. The fourth-order valence-corrected chi connectivity index (χ4v) is 1.72. The summed E-state index contributed by atoms with van der Waals surface area (Å²) in [6.07, 6.45) is -1.29. The highest BCUT2D eigenvalue weighted by Gasteiger charge is 2.11. The summed E-state index contributed by atoms with van der Waals surface area (Å²) in [5.74, 6) is 0.395. The summed E-state index contributed by atoms with van der Waals surface area (Å²) in [7, 11) is 0. The average molecular weight is 228 g/mol. The summed E-state index contributed by atoms with van der Waals surface area (Å²) in [4.78, 5) is 10.7. The van der Waals surface area contributed by atoms with Gasteiger partial charge in [0.1, 0.15) is 5.75 Å². The number of benzene rings is 2. The van der Waals surface area contributed by atoms with Crippen molar-refractivity contribution < 1.29 is 14.6 Å². The first-order chi connectivity index (χ1) is 8.18. The van der Waals surface area contributed by atoms with Crippen molar-refractivity contribution in [1.82, 2.24) is 0 Å². The van der Waals surface area contributed by atoms with Gasteiger partial charge in [0.05, 0.1) is 0 Å². The van der Waals surface area contributed by atoms with Crippen molar-refractivity contribution in [2.45, 2.75) is 6.92 Å². The Kier molecular flexibility index (Phi) is 3.10. The van der Waals surface area contributed by atoms with E-state index in [1.165, 1.54) is 0 Å². The van der Waals surface area contributed by atoms with Gasteiger partial charge in [-0.25, -0.2) is 4.79 Å². The highest BCUT2D eigenvalue weighted by Crippen LogP contribution is 2.32. The molecule has 0 aromatic heterocycles. The Labute approximate surface area is 99.3 Å². The minimum atomic E-state index is -1.29. The lowest BCUT2D eigenvalue weighted by Gasteiger charge is -2.10. The molecule has 17 heavy (non-hydrogen) atoms. The molecule has 2 rings (SSSR count). The van der Waals surface area contributed by atoms with Crippen molar-refractivity contribution >= 4 is 6.16 Å². The number of hydrogen-bond donors (Lipinski definition) is 1. The number of carbonyl (C=O) groups is 1. The van der Waals surface area contributed by atoms with E-state index in [0.717, 1.165) is 16.7 Å². The second kappa shape index (κ2) is 4.70. The molecule has 86 valence electrons. The SMILES string of the molecule is Cc1cccc(-c2ccccc2)c1OC(=O)O. The van der Waals surface area contributed by atoms with Crippen LogP contribution in [0, 0.1) is 6.92 Å². The van der Waals surface area contributed by atoms with E-state index in [0.29, 0.717) is 5.75 Å². The van der Waals surface area contributed by atoms with Crippen LogP contribution in [0.5, 0.6) is 5.75 Å². The first-order valence-corrected chi connectivity index (χ1v) is 5.24. The molecule has 0 heterocycles. The molecule has 0 amide bonds. The van der Waals surface area contributed by atoms with Crippen LogP contribution in [0.15, 0.2) is 48.5 Å². The molecular formula is C14H12O3. The van der Waals surface area contributed by atoms with Gasteiger partial charge in [0.2, 0.25) is 0 Å². The molecule has 2 aromatic rings. The van der Waals surface area contributed by atoms with Crippen LogP contribution in [-0.4, -0.2) is 11.3 Å². The maximum atomic E-state index is 10.7. The van der Waals surface area contributed by atoms with Gasteiger partial charge in [0, 0.05) is 5.56 Å². The molecule has 0 atom stereocenters. The van der Waals surface area contributed by atoms with Gasteiger partial charge in [-0.05, 0) is 18.1 Å². The monoisotopic (exact) mass is 228 g/mol. The van der Waals surface area contributed by atoms with Gasteiger partial charge in [-0.3, -0.25) is 0 Å². The van der Waals surface area contributed by atoms with Crippen LogP contribution in [0.4, 0.5) is 4.79 Å². The lowest BCUT2D eigenvalue weighted by Crippen LogP contribution is -2.05. The second-order valence-corrected chi connectivity index (χ2v) is 3.69. The first kappa shape index (κ1) is 11.2. The molecule has 0 aliphatic carbocycles. The minimum Gasteiger partial charge on any atom is -0.449 e. The molecule has 0 aliphatic rings. The van der Waals surface area contributed by atoms with E-state index >= 15 is 0 Å². The zero-order valence-electron chi connectivity index (χ0n) is 9.38. The number of hydrogen-bond acceptors (Lipinski definition) is 2. The maximum Gasteiger partial charge on any atom is 0.511 e. The van der Waals surface area contributed by atoms with Crippen LogP contribution in [0.1, 0.15) is 5.56 Å². The zero-order chi connectivity index (χ0) is 12.3.